The summed E-state index contributed by atoms with van der Waals surface area (Å²) in [5, 5.41) is 0. The molecule has 25 heavy (non-hydrogen) atoms. The fourth-order valence-electron chi connectivity index (χ4n) is 2.69. The molecule has 1 saturated heterocycles. The summed E-state index contributed by atoms with van der Waals surface area (Å²) in [4.78, 5) is 6.49. The molecule has 0 saturated carbocycles. The molecule has 0 amide bonds. The van der Waals surface area contributed by atoms with Crippen molar-refractivity contribution in [1.82, 2.24) is 4.90 Å². The van der Waals surface area contributed by atoms with E-state index in [0.717, 1.165) is 5.56 Å². The lowest BCUT2D eigenvalue weighted by atomic mass is 9.87. The Morgan fingerprint density at radius 1 is 1.32 bits per heavy atom. The third kappa shape index (κ3) is 5.44. The van der Waals surface area contributed by atoms with Crippen molar-refractivity contribution in [3.63, 3.8) is 0 Å². The highest BCUT2D eigenvalue weighted by Crippen LogP contribution is 2.23. The molecule has 1 aromatic rings. The van der Waals surface area contributed by atoms with Gasteiger partial charge in [-0.1, -0.05) is 32.9 Å². The van der Waals surface area contributed by atoms with E-state index in [1.165, 1.54) is 0 Å². The van der Waals surface area contributed by atoms with E-state index in [0.29, 0.717) is 30.6 Å². The first kappa shape index (κ1) is 19.7. The predicted molar refractivity (Wildman–Crippen MR) is 101 cm³/mol. The number of nitrogens with two attached hydrogens (primary N) is 1. The molecule has 1 aromatic carbocycles. The number of morpholine rings is 1. The van der Waals surface area contributed by atoms with Crippen molar-refractivity contribution in [2.45, 2.75) is 44.1 Å². The third-order valence-corrected chi connectivity index (χ3v) is 5.99. The normalized spacial score (nSPS) is 19.9. The zero-order chi connectivity index (χ0) is 18.7. The van der Waals surface area contributed by atoms with Crippen LogP contribution >= 0.6 is 0 Å². The van der Waals surface area contributed by atoms with E-state index in [2.05, 4.69) is 25.8 Å². The summed E-state index contributed by atoms with van der Waals surface area (Å²) in [6.07, 6.45) is 0.104. The van der Waals surface area contributed by atoms with Gasteiger partial charge in [0.05, 0.1) is 29.9 Å². The number of sulfone groups is 1. The van der Waals surface area contributed by atoms with Crippen LogP contribution in [0.25, 0.3) is 0 Å². The number of aliphatic imine (C=N–C) groups is 1. The number of guanidine groups is 1. The van der Waals surface area contributed by atoms with Gasteiger partial charge in [0, 0.05) is 13.1 Å². The molecular formula is C18H29N3O3S. The van der Waals surface area contributed by atoms with E-state index in [4.69, 9.17) is 10.5 Å². The van der Waals surface area contributed by atoms with Gasteiger partial charge in [0.2, 0.25) is 0 Å². The van der Waals surface area contributed by atoms with Crippen molar-refractivity contribution in [2.75, 3.05) is 32.0 Å². The standard InChI is InChI=1S/C18H29N3O3S/c1-14-13-21(10-11-24-14)17(19)20-9-12-25(22,23)16-7-5-15(6-8-16)18(2,3)4/h5-8,14H,9-13H2,1-4H3,(H2,19,20). The number of hydrogen-bond donors (Lipinski definition) is 1. The Kier molecular flexibility index (Phi) is 6.11. The predicted octanol–water partition coefficient (Wildman–Crippen LogP) is 1.79. The summed E-state index contributed by atoms with van der Waals surface area (Å²) < 4.78 is 30.4. The lowest BCUT2D eigenvalue weighted by Gasteiger charge is -2.31. The molecule has 7 heteroatoms. The van der Waals surface area contributed by atoms with Crippen LogP contribution in [0, 0.1) is 0 Å². The minimum atomic E-state index is -3.37. The van der Waals surface area contributed by atoms with Gasteiger partial charge in [-0.15, -0.1) is 0 Å². The Bertz CT molecular complexity index is 706. The molecule has 0 aromatic heterocycles. The SMILES string of the molecule is CC1CN(C(N)=NCCS(=O)(=O)c2ccc(C(C)(C)C)cc2)CCO1. The van der Waals surface area contributed by atoms with E-state index in [1.54, 1.807) is 12.1 Å². The van der Waals surface area contributed by atoms with Crippen molar-refractivity contribution in [3.05, 3.63) is 29.8 Å². The molecule has 1 fully saturated rings. The smallest absolute Gasteiger partial charge is 0.191 e. The van der Waals surface area contributed by atoms with E-state index < -0.39 is 9.84 Å². The minimum absolute atomic E-state index is 0.00364. The fourth-order valence-corrected chi connectivity index (χ4v) is 3.81. The van der Waals surface area contributed by atoms with Crippen LogP contribution in [0.2, 0.25) is 0 Å². The zero-order valence-corrected chi connectivity index (χ0v) is 16.3. The van der Waals surface area contributed by atoms with E-state index in [-0.39, 0.29) is 23.8 Å². The average molecular weight is 368 g/mol. The van der Waals surface area contributed by atoms with Crippen LogP contribution in [0.4, 0.5) is 0 Å². The summed E-state index contributed by atoms with van der Waals surface area (Å²) in [6.45, 7) is 10.4. The first-order valence-electron chi connectivity index (χ1n) is 8.59. The minimum Gasteiger partial charge on any atom is -0.375 e. The van der Waals surface area contributed by atoms with Gasteiger partial charge in [-0.25, -0.2) is 8.42 Å². The first-order valence-corrected chi connectivity index (χ1v) is 10.2. The highest BCUT2D eigenvalue weighted by Gasteiger charge is 2.19. The number of hydrogen-bond acceptors (Lipinski definition) is 4. The summed E-state index contributed by atoms with van der Waals surface area (Å²) in [5.41, 5.74) is 7.07. The summed E-state index contributed by atoms with van der Waals surface area (Å²) in [6, 6.07) is 7.10. The van der Waals surface area contributed by atoms with Gasteiger partial charge in [0.1, 0.15) is 0 Å². The molecule has 0 aliphatic carbocycles. The van der Waals surface area contributed by atoms with Gasteiger partial charge in [-0.05, 0) is 30.0 Å². The second kappa shape index (κ2) is 7.74. The molecule has 6 nitrogen and oxygen atoms in total. The highest BCUT2D eigenvalue weighted by atomic mass is 32.2. The maximum atomic E-state index is 12.5. The fraction of sp³-hybridized carbons (Fsp3) is 0.611. The Labute approximate surface area is 151 Å². The number of nitrogens with zero attached hydrogens (tertiary/aromatic N) is 2. The zero-order valence-electron chi connectivity index (χ0n) is 15.5. The number of ether oxygens (including phenoxy) is 1. The monoisotopic (exact) mass is 367 g/mol. The summed E-state index contributed by atoms with van der Waals surface area (Å²) in [5.74, 6) is 0.330. The summed E-state index contributed by atoms with van der Waals surface area (Å²) >= 11 is 0. The van der Waals surface area contributed by atoms with Gasteiger partial charge in [-0.2, -0.15) is 0 Å². The summed E-state index contributed by atoms with van der Waals surface area (Å²) in [7, 11) is -3.37. The van der Waals surface area contributed by atoms with Gasteiger partial charge >= 0.3 is 0 Å². The molecule has 0 spiro atoms. The van der Waals surface area contributed by atoms with Gasteiger partial charge in [0.15, 0.2) is 15.8 Å². The maximum absolute atomic E-state index is 12.5. The van der Waals surface area contributed by atoms with Crippen molar-refractivity contribution in [1.29, 1.82) is 0 Å². The number of rotatable bonds is 4. The van der Waals surface area contributed by atoms with Crippen LogP contribution in [0.15, 0.2) is 34.2 Å². The Hall–Kier alpha value is -1.60. The maximum Gasteiger partial charge on any atom is 0.191 e. The molecule has 1 atom stereocenters. The molecule has 1 aliphatic rings. The molecular weight excluding hydrogens is 338 g/mol. The van der Waals surface area contributed by atoms with Crippen LogP contribution in [0.1, 0.15) is 33.3 Å². The molecule has 1 unspecified atom stereocenters. The van der Waals surface area contributed by atoms with Crippen LogP contribution in [0.5, 0.6) is 0 Å². The van der Waals surface area contributed by atoms with Crippen LogP contribution < -0.4 is 5.73 Å². The lowest BCUT2D eigenvalue weighted by molar-refractivity contribution is 0.00531. The van der Waals surface area contributed by atoms with Crippen LogP contribution in [0.3, 0.4) is 0 Å². The van der Waals surface area contributed by atoms with E-state index >= 15 is 0 Å². The quantitative estimate of drug-likeness (QED) is 0.648. The molecule has 2 rings (SSSR count). The Morgan fingerprint density at radius 2 is 1.96 bits per heavy atom. The van der Waals surface area contributed by atoms with Crippen LogP contribution in [-0.2, 0) is 20.0 Å². The van der Waals surface area contributed by atoms with Gasteiger partial charge < -0.3 is 15.4 Å². The van der Waals surface area contributed by atoms with Crippen LogP contribution in [-0.4, -0.2) is 57.4 Å². The molecule has 1 aliphatic heterocycles. The second-order valence-electron chi connectivity index (χ2n) is 7.46. The average Bonchev–Trinajstić information content (AvgIpc) is 2.54. The van der Waals surface area contributed by atoms with Crippen molar-refractivity contribution >= 4 is 15.8 Å². The lowest BCUT2D eigenvalue weighted by Crippen LogP contribution is -2.48. The third-order valence-electron chi connectivity index (χ3n) is 4.28. The Balaban J connectivity index is 1.98. The van der Waals surface area contributed by atoms with Crippen molar-refractivity contribution < 1.29 is 13.2 Å². The number of benzene rings is 1. The molecule has 0 radical (unpaired) electrons. The van der Waals surface area contributed by atoms with E-state index in [1.807, 2.05) is 24.0 Å². The molecule has 2 N–H and O–H groups in total. The Morgan fingerprint density at radius 3 is 2.52 bits per heavy atom. The van der Waals surface area contributed by atoms with Crippen molar-refractivity contribution in [2.24, 2.45) is 10.7 Å². The molecule has 140 valence electrons. The van der Waals surface area contributed by atoms with E-state index in [9.17, 15) is 8.42 Å². The van der Waals surface area contributed by atoms with Crippen molar-refractivity contribution in [3.8, 4) is 0 Å². The highest BCUT2D eigenvalue weighted by molar-refractivity contribution is 7.91. The first-order chi connectivity index (χ1) is 11.6. The largest absolute Gasteiger partial charge is 0.375 e. The second-order valence-corrected chi connectivity index (χ2v) is 9.57. The van der Waals surface area contributed by atoms with Gasteiger partial charge in [0.25, 0.3) is 0 Å². The topological polar surface area (TPSA) is 85.0 Å². The molecule has 1 heterocycles. The van der Waals surface area contributed by atoms with Gasteiger partial charge in [-0.3, -0.25) is 4.99 Å². The molecule has 0 bridgehead atoms.